The molecule has 456 valence electrons. The number of benzene rings is 1. The maximum Gasteiger partial charge on any atom is 0.192 e. The molecule has 0 aromatic heterocycles. The molecule has 3 saturated heterocycles. The Bertz CT molecular complexity index is 1970. The lowest BCUT2D eigenvalue weighted by atomic mass is 9.80. The summed E-state index contributed by atoms with van der Waals surface area (Å²) in [4.78, 5) is 0. The second-order valence-electron chi connectivity index (χ2n) is 29.3. The van der Waals surface area contributed by atoms with Crippen molar-refractivity contribution in [1.82, 2.24) is 0 Å². The van der Waals surface area contributed by atoms with E-state index < -0.39 is 75.0 Å². The average Bonchev–Trinajstić information content (AvgIpc) is 3.73. The van der Waals surface area contributed by atoms with Crippen LogP contribution in [0.15, 0.2) is 49.6 Å². The second kappa shape index (κ2) is 28.2. The first-order valence-electron chi connectivity index (χ1n) is 29.0. The molecule has 78 heavy (non-hydrogen) atoms. The standard InChI is InChI=1S/C31H56O6Si2.C26H54O6Si2.C4H8O/c1-21-19-33-28(23-15-17-24(32-10)18-16-23)35-26(21)31(9)27(37-39(13,14)30(6,7)8)25(22(2)36-31)20-34-38(11,12)29(3,4)5;1-14-19(16-28)21-20(17-30-33(10,11)24(3,4)5)23(32-34(12,13)25(6,7)8)26(9,31-21)22(29)18(2)15-27;1-2-3-4-5/h15-18,21-22,25-28H,19-20H2,1-14H3;14,18-23,27-29H,1,15-17H2,2-13H3;2,5H,1,3-4H2/t21-,22+,25-,26+,27-,28+,31+;18-,19-,20-,21+,22+,23+,26+;/m00./s1. The third kappa shape index (κ3) is 17.7. The van der Waals surface area contributed by atoms with Crippen LogP contribution in [0, 0.1) is 29.6 Å². The fourth-order valence-electron chi connectivity index (χ4n) is 9.33. The predicted molar refractivity (Wildman–Crippen MR) is 330 cm³/mol. The van der Waals surface area contributed by atoms with Gasteiger partial charge in [-0.2, -0.15) is 0 Å². The first-order chi connectivity index (χ1) is 35.3. The number of rotatable bonds is 21. The lowest BCUT2D eigenvalue weighted by Gasteiger charge is -2.49. The van der Waals surface area contributed by atoms with Gasteiger partial charge in [-0.15, -0.1) is 13.2 Å². The van der Waals surface area contributed by atoms with Crippen molar-refractivity contribution in [2.75, 3.05) is 46.8 Å². The summed E-state index contributed by atoms with van der Waals surface area (Å²) in [5.74, 6) is 0.138. The van der Waals surface area contributed by atoms with Gasteiger partial charge in [-0.05, 0) is 112 Å². The maximum atomic E-state index is 11.4. The Kier molecular flexibility index (Phi) is 26.4. The van der Waals surface area contributed by atoms with Crippen molar-refractivity contribution in [3.8, 4) is 5.75 Å². The molecule has 0 spiro atoms. The minimum atomic E-state index is -2.27. The van der Waals surface area contributed by atoms with Crippen LogP contribution in [0.2, 0.25) is 72.5 Å². The molecule has 3 fully saturated rings. The molecule has 3 aliphatic rings. The molecule has 1 aromatic carbocycles. The van der Waals surface area contributed by atoms with Crippen molar-refractivity contribution in [1.29, 1.82) is 0 Å². The fraction of sp³-hybridized carbons (Fsp3) is 0.836. The van der Waals surface area contributed by atoms with E-state index in [1.165, 1.54) is 0 Å². The van der Waals surface area contributed by atoms with Crippen LogP contribution >= 0.6 is 0 Å². The highest BCUT2D eigenvalue weighted by Gasteiger charge is 2.63. The lowest BCUT2D eigenvalue weighted by Crippen LogP contribution is -2.60. The highest BCUT2D eigenvalue weighted by Crippen LogP contribution is 2.52. The highest BCUT2D eigenvalue weighted by atomic mass is 28.4. The van der Waals surface area contributed by atoms with Crippen molar-refractivity contribution >= 4 is 33.3 Å². The first-order valence-corrected chi connectivity index (χ1v) is 40.6. The third-order valence-corrected chi connectivity index (χ3v) is 36.9. The molecule has 0 amide bonds. The van der Waals surface area contributed by atoms with Gasteiger partial charge in [-0.1, -0.05) is 121 Å². The van der Waals surface area contributed by atoms with Crippen molar-refractivity contribution in [3.05, 3.63) is 55.1 Å². The monoisotopic (exact) mass is 1170 g/mol. The molecule has 0 radical (unpaired) electrons. The largest absolute Gasteiger partial charge is 0.497 e. The topological polar surface area (TPSA) is 164 Å². The normalized spacial score (nSPS) is 29.8. The molecule has 3 heterocycles. The quantitative estimate of drug-likeness (QED) is 0.0680. The van der Waals surface area contributed by atoms with Crippen LogP contribution < -0.4 is 4.74 Å². The number of aliphatic hydroxyl groups excluding tert-OH is 4. The van der Waals surface area contributed by atoms with Crippen molar-refractivity contribution in [2.24, 2.45) is 29.6 Å². The maximum absolute atomic E-state index is 11.4. The molecule has 1 aromatic rings. The summed E-state index contributed by atoms with van der Waals surface area (Å²) in [6.07, 6.45) is 1.44. The summed E-state index contributed by atoms with van der Waals surface area (Å²) in [6.45, 7) is 64.3. The number of hydrogen-bond donors (Lipinski definition) is 4. The molecule has 0 bridgehead atoms. The van der Waals surface area contributed by atoms with Crippen LogP contribution in [-0.2, 0) is 36.7 Å². The van der Waals surface area contributed by atoms with Gasteiger partial charge in [0, 0.05) is 61.6 Å². The van der Waals surface area contributed by atoms with Crippen LogP contribution in [0.3, 0.4) is 0 Å². The van der Waals surface area contributed by atoms with Gasteiger partial charge in [0.1, 0.15) is 17.0 Å². The third-order valence-electron chi connectivity index (χ3n) is 19.0. The van der Waals surface area contributed by atoms with Gasteiger partial charge in [0.15, 0.2) is 39.6 Å². The Balaban J connectivity index is 0.000000495. The molecule has 13 nitrogen and oxygen atoms in total. The summed E-state index contributed by atoms with van der Waals surface area (Å²) in [7, 11) is -6.77. The van der Waals surface area contributed by atoms with Gasteiger partial charge in [0.05, 0.1) is 56.9 Å². The van der Waals surface area contributed by atoms with E-state index in [-0.39, 0.29) is 82.0 Å². The fourth-order valence-corrected chi connectivity index (χ4v) is 14.2. The summed E-state index contributed by atoms with van der Waals surface area (Å²) in [5, 5.41) is 39.6. The first kappa shape index (κ1) is 73.0. The summed E-state index contributed by atoms with van der Waals surface area (Å²) < 4.78 is 59.7. The van der Waals surface area contributed by atoms with Gasteiger partial charge < -0.3 is 61.8 Å². The van der Waals surface area contributed by atoms with Crippen LogP contribution in [0.4, 0.5) is 0 Å². The zero-order chi connectivity index (χ0) is 60.6. The Morgan fingerprint density at radius 2 is 1.15 bits per heavy atom. The molecule has 4 rings (SSSR count). The van der Waals surface area contributed by atoms with Crippen LogP contribution in [0.5, 0.6) is 5.75 Å². The second-order valence-corrected chi connectivity index (χ2v) is 48.4. The molecule has 4 N–H and O–H groups in total. The van der Waals surface area contributed by atoms with Gasteiger partial charge in [-0.3, -0.25) is 0 Å². The van der Waals surface area contributed by atoms with Gasteiger partial charge in [0.2, 0.25) is 0 Å². The Labute approximate surface area is 480 Å². The summed E-state index contributed by atoms with van der Waals surface area (Å²) in [6, 6.07) is 7.91. The molecule has 0 saturated carbocycles. The molecule has 3 aliphatic heterocycles. The number of aliphatic hydroxyl groups is 4. The van der Waals surface area contributed by atoms with Gasteiger partial charge in [-0.25, -0.2) is 0 Å². The molecular formula is C61H118O13Si4. The molecule has 14 atom stereocenters. The van der Waals surface area contributed by atoms with E-state index in [0.717, 1.165) is 11.3 Å². The van der Waals surface area contributed by atoms with E-state index in [9.17, 15) is 15.3 Å². The van der Waals surface area contributed by atoms with Crippen LogP contribution in [-0.4, -0.2) is 148 Å². The van der Waals surface area contributed by atoms with Crippen LogP contribution in [0.25, 0.3) is 0 Å². The number of hydrogen-bond acceptors (Lipinski definition) is 13. The Morgan fingerprint density at radius 3 is 1.54 bits per heavy atom. The number of methoxy groups -OCH3 is 1. The minimum absolute atomic E-state index is 0.0207. The molecule has 0 aliphatic carbocycles. The van der Waals surface area contributed by atoms with Gasteiger partial charge >= 0.3 is 0 Å². The number of ether oxygens (including phenoxy) is 5. The smallest absolute Gasteiger partial charge is 0.192 e. The zero-order valence-corrected chi connectivity index (χ0v) is 58.2. The Morgan fingerprint density at radius 1 is 0.692 bits per heavy atom. The predicted octanol–water partition coefficient (Wildman–Crippen LogP) is 13.5. The molecular weight excluding hydrogens is 1050 g/mol. The van der Waals surface area contributed by atoms with Crippen molar-refractivity contribution in [2.45, 2.75) is 251 Å². The van der Waals surface area contributed by atoms with E-state index in [1.807, 2.05) is 38.1 Å². The summed E-state index contributed by atoms with van der Waals surface area (Å²) in [5.41, 5.74) is -0.744. The van der Waals surface area contributed by atoms with Crippen LogP contribution in [0.1, 0.15) is 136 Å². The zero-order valence-electron chi connectivity index (χ0n) is 54.2. The minimum Gasteiger partial charge on any atom is -0.497 e. The van der Waals surface area contributed by atoms with Gasteiger partial charge in [0.25, 0.3) is 0 Å². The SMILES string of the molecule is C=CCCO.C=C[C@@H](CO)[C@H]1O[C@](C)([C@H](O)[C@@H](C)CO)[C@H](O[Si](C)(C)C(C)(C)C)[C@H]1CO[Si](C)(C)C(C)(C)C.COc1ccc([C@@H]2OC[C@H](C)[C@H]([C@@]3(C)O[C@H](C)[C@H](CO[Si](C)(C)C(C)(C)C)[C@@H]3O[Si](C)(C)C(C)(C)C)O2)cc1. The average molecular weight is 1170 g/mol. The van der Waals surface area contributed by atoms with Crippen molar-refractivity contribution in [3.63, 3.8) is 0 Å². The van der Waals surface area contributed by atoms with E-state index in [0.29, 0.717) is 26.2 Å². The molecule has 0 unspecified atom stereocenters. The molecule has 17 heteroatoms. The van der Waals surface area contributed by atoms with E-state index in [2.05, 4.69) is 169 Å². The van der Waals surface area contributed by atoms with Crippen molar-refractivity contribution < 1.29 is 61.8 Å². The summed E-state index contributed by atoms with van der Waals surface area (Å²) >= 11 is 0. The Hall–Kier alpha value is -1.11. The lowest BCUT2D eigenvalue weighted by molar-refractivity contribution is -0.289. The highest BCUT2D eigenvalue weighted by molar-refractivity contribution is 6.75. The van der Waals surface area contributed by atoms with E-state index in [1.54, 1.807) is 19.3 Å². The van der Waals surface area contributed by atoms with E-state index in [4.69, 9.17) is 46.5 Å². The van der Waals surface area contributed by atoms with E-state index >= 15 is 0 Å².